The van der Waals surface area contributed by atoms with Crippen LogP contribution in [0.3, 0.4) is 0 Å². The highest BCUT2D eigenvalue weighted by atomic mass is 32.1. The van der Waals surface area contributed by atoms with Crippen LogP contribution in [-0.4, -0.2) is 9.13 Å². The van der Waals surface area contributed by atoms with Gasteiger partial charge >= 0.3 is 5.69 Å². The maximum absolute atomic E-state index is 12.7. The van der Waals surface area contributed by atoms with Crippen molar-refractivity contribution in [3.8, 4) is 0 Å². The minimum absolute atomic E-state index is 0.145. The zero-order chi connectivity index (χ0) is 16.0. The summed E-state index contributed by atoms with van der Waals surface area (Å²) < 4.78 is 3.02. The average Bonchev–Trinajstić information content (AvgIpc) is 2.97. The van der Waals surface area contributed by atoms with Gasteiger partial charge in [-0.15, -0.1) is 11.3 Å². The molecule has 0 saturated heterocycles. The van der Waals surface area contributed by atoms with Crippen molar-refractivity contribution in [3.63, 3.8) is 0 Å². The van der Waals surface area contributed by atoms with Crippen LogP contribution in [0.25, 0.3) is 10.2 Å². The molecule has 2 aromatic heterocycles. The van der Waals surface area contributed by atoms with Crippen LogP contribution in [0.15, 0.2) is 39.9 Å². The van der Waals surface area contributed by atoms with E-state index in [-0.39, 0.29) is 11.2 Å². The number of thiophene rings is 1. The van der Waals surface area contributed by atoms with Gasteiger partial charge in [-0.25, -0.2) is 4.79 Å². The summed E-state index contributed by atoms with van der Waals surface area (Å²) in [5, 5.41) is 0.766. The molecule has 4 rings (SSSR count). The molecule has 0 unspecified atom stereocenters. The molecule has 0 aliphatic heterocycles. The summed E-state index contributed by atoms with van der Waals surface area (Å²) >= 11 is 1.63. The van der Waals surface area contributed by atoms with Crippen LogP contribution in [0.5, 0.6) is 0 Å². The molecule has 1 aliphatic rings. The number of rotatable bonds is 2. The summed E-state index contributed by atoms with van der Waals surface area (Å²) in [7, 11) is 1.58. The lowest BCUT2D eigenvalue weighted by Crippen LogP contribution is -2.38. The maximum atomic E-state index is 12.7. The Hall–Kier alpha value is -2.14. The lowest BCUT2D eigenvalue weighted by Gasteiger charge is -2.11. The fourth-order valence-corrected chi connectivity index (χ4v) is 4.76. The molecule has 118 valence electrons. The predicted molar refractivity (Wildman–Crippen MR) is 93.5 cm³/mol. The number of hydrogen-bond acceptors (Lipinski definition) is 3. The van der Waals surface area contributed by atoms with E-state index in [9.17, 15) is 9.59 Å². The molecule has 0 saturated carbocycles. The molecule has 2 heterocycles. The van der Waals surface area contributed by atoms with Crippen LogP contribution in [0.4, 0.5) is 0 Å². The summed E-state index contributed by atoms with van der Waals surface area (Å²) in [4.78, 5) is 27.4. The lowest BCUT2D eigenvalue weighted by atomic mass is 9.97. The van der Waals surface area contributed by atoms with Crippen molar-refractivity contribution in [2.45, 2.75) is 32.2 Å². The Kier molecular flexibility index (Phi) is 3.45. The average molecular weight is 326 g/mol. The Balaban J connectivity index is 2.02. The van der Waals surface area contributed by atoms with Gasteiger partial charge in [0.15, 0.2) is 0 Å². The van der Waals surface area contributed by atoms with Gasteiger partial charge in [0, 0.05) is 11.9 Å². The van der Waals surface area contributed by atoms with Crippen molar-refractivity contribution < 1.29 is 0 Å². The van der Waals surface area contributed by atoms with E-state index >= 15 is 0 Å². The van der Waals surface area contributed by atoms with Crippen LogP contribution >= 0.6 is 11.3 Å². The summed E-state index contributed by atoms with van der Waals surface area (Å²) in [6.45, 7) is 0.504. The second-order valence-electron chi connectivity index (χ2n) is 6.11. The van der Waals surface area contributed by atoms with E-state index in [1.54, 1.807) is 23.0 Å². The summed E-state index contributed by atoms with van der Waals surface area (Å²) in [5.74, 6) is 0. The fraction of sp³-hybridized carbons (Fsp3) is 0.333. The number of nitrogens with zero attached hydrogens (tertiary/aromatic N) is 2. The largest absolute Gasteiger partial charge is 0.332 e. The highest BCUT2D eigenvalue weighted by Gasteiger charge is 2.22. The summed E-state index contributed by atoms with van der Waals surface area (Å²) in [6.07, 6.45) is 4.27. The SMILES string of the molecule is Cn1c(=O)c2c3c(sc2n(Cc2ccccc2)c1=O)CCCC3. The third-order valence-electron chi connectivity index (χ3n) is 4.62. The van der Waals surface area contributed by atoms with Gasteiger partial charge in [0.05, 0.1) is 11.9 Å². The van der Waals surface area contributed by atoms with E-state index in [0.29, 0.717) is 6.54 Å². The molecule has 0 fully saturated rings. The molecule has 0 radical (unpaired) electrons. The van der Waals surface area contributed by atoms with E-state index in [1.807, 2.05) is 30.3 Å². The van der Waals surface area contributed by atoms with Crippen molar-refractivity contribution in [1.29, 1.82) is 0 Å². The van der Waals surface area contributed by atoms with E-state index in [1.165, 1.54) is 21.4 Å². The van der Waals surface area contributed by atoms with Crippen LogP contribution in [0.1, 0.15) is 28.8 Å². The third-order valence-corrected chi connectivity index (χ3v) is 5.93. The molecule has 0 bridgehead atoms. The Morgan fingerprint density at radius 2 is 1.83 bits per heavy atom. The third kappa shape index (κ3) is 2.27. The van der Waals surface area contributed by atoms with Crippen molar-refractivity contribution >= 4 is 21.6 Å². The topological polar surface area (TPSA) is 44.0 Å². The van der Waals surface area contributed by atoms with E-state index < -0.39 is 0 Å². The minimum atomic E-state index is -0.232. The van der Waals surface area contributed by atoms with E-state index in [4.69, 9.17) is 0 Å². The Morgan fingerprint density at radius 3 is 2.61 bits per heavy atom. The number of hydrogen-bond donors (Lipinski definition) is 0. The van der Waals surface area contributed by atoms with Crippen molar-refractivity contribution in [3.05, 3.63) is 67.2 Å². The first-order chi connectivity index (χ1) is 11.2. The van der Waals surface area contributed by atoms with E-state index in [0.717, 1.165) is 35.0 Å². The van der Waals surface area contributed by atoms with Crippen LogP contribution in [0, 0.1) is 0 Å². The number of aromatic nitrogens is 2. The quantitative estimate of drug-likeness (QED) is 0.727. The molecule has 1 aliphatic carbocycles. The highest BCUT2D eigenvalue weighted by molar-refractivity contribution is 7.18. The van der Waals surface area contributed by atoms with Gasteiger partial charge in [0.25, 0.3) is 5.56 Å². The molecular weight excluding hydrogens is 308 g/mol. The van der Waals surface area contributed by atoms with Gasteiger partial charge in [-0.05, 0) is 36.8 Å². The van der Waals surface area contributed by atoms with Gasteiger partial charge in [-0.1, -0.05) is 30.3 Å². The highest BCUT2D eigenvalue weighted by Crippen LogP contribution is 2.34. The van der Waals surface area contributed by atoms with Crippen LogP contribution in [0.2, 0.25) is 0 Å². The second-order valence-corrected chi connectivity index (χ2v) is 7.19. The molecule has 23 heavy (non-hydrogen) atoms. The second kappa shape index (κ2) is 5.49. The number of fused-ring (bicyclic) bond motifs is 3. The Bertz CT molecular complexity index is 996. The first-order valence-corrected chi connectivity index (χ1v) is 8.76. The van der Waals surface area contributed by atoms with Crippen LogP contribution < -0.4 is 11.2 Å². The molecule has 0 N–H and O–H groups in total. The van der Waals surface area contributed by atoms with Gasteiger partial charge in [0.1, 0.15) is 4.83 Å². The Morgan fingerprint density at radius 1 is 1.09 bits per heavy atom. The van der Waals surface area contributed by atoms with Crippen molar-refractivity contribution in [1.82, 2.24) is 9.13 Å². The van der Waals surface area contributed by atoms with Crippen LogP contribution in [-0.2, 0) is 26.4 Å². The lowest BCUT2D eigenvalue weighted by molar-refractivity contribution is 0.673. The first-order valence-electron chi connectivity index (χ1n) is 7.95. The maximum Gasteiger partial charge on any atom is 0.332 e. The number of benzene rings is 1. The summed E-state index contributed by atoms with van der Waals surface area (Å²) in [6, 6.07) is 9.93. The molecule has 4 nitrogen and oxygen atoms in total. The van der Waals surface area contributed by atoms with Crippen molar-refractivity contribution in [2.24, 2.45) is 7.05 Å². The molecule has 1 aromatic carbocycles. The molecule has 5 heteroatoms. The predicted octanol–water partition coefficient (Wildman–Crippen LogP) is 2.69. The smallest absolute Gasteiger partial charge is 0.280 e. The first kappa shape index (κ1) is 14.5. The minimum Gasteiger partial charge on any atom is -0.280 e. The molecule has 0 atom stereocenters. The number of aryl methyl sites for hydroxylation is 2. The summed E-state index contributed by atoms with van der Waals surface area (Å²) in [5.41, 5.74) is 1.87. The van der Waals surface area contributed by atoms with Gasteiger partial charge in [0.2, 0.25) is 0 Å². The zero-order valence-electron chi connectivity index (χ0n) is 13.0. The normalized spacial score (nSPS) is 14.1. The Labute approximate surface area is 137 Å². The molecule has 0 spiro atoms. The van der Waals surface area contributed by atoms with Gasteiger partial charge in [-0.3, -0.25) is 13.9 Å². The molecule has 0 amide bonds. The zero-order valence-corrected chi connectivity index (χ0v) is 13.9. The monoisotopic (exact) mass is 326 g/mol. The van der Waals surface area contributed by atoms with Crippen molar-refractivity contribution in [2.75, 3.05) is 0 Å². The molecule has 3 aromatic rings. The van der Waals surface area contributed by atoms with E-state index in [2.05, 4.69) is 0 Å². The van der Waals surface area contributed by atoms with Gasteiger partial charge in [-0.2, -0.15) is 0 Å². The van der Waals surface area contributed by atoms with Gasteiger partial charge < -0.3 is 0 Å². The standard InChI is InChI=1S/C18H18N2O2S/c1-19-16(21)15-13-9-5-6-10-14(13)23-17(15)20(18(19)22)11-12-7-3-2-4-8-12/h2-4,7-8H,5-6,9-11H2,1H3. The fourth-order valence-electron chi connectivity index (χ4n) is 3.39. The molecular formula is C18H18N2O2S.